The van der Waals surface area contributed by atoms with Crippen LogP contribution in [0.4, 0.5) is 0 Å². The summed E-state index contributed by atoms with van der Waals surface area (Å²) < 4.78 is 1.84. The Morgan fingerprint density at radius 2 is 1.86 bits per heavy atom. The molecule has 3 fully saturated rings. The maximum absolute atomic E-state index is 12.9. The fraction of sp³-hybridized carbons (Fsp3) is 0.800. The summed E-state index contributed by atoms with van der Waals surface area (Å²) in [6.07, 6.45) is 8.76. The van der Waals surface area contributed by atoms with Gasteiger partial charge in [0.05, 0.1) is 0 Å². The number of carbonyl (C=O) groups is 2. The molecular formula is C20H31N5O3. The predicted octanol–water partition coefficient (Wildman–Crippen LogP) is 1.24. The van der Waals surface area contributed by atoms with E-state index in [1.807, 2.05) is 16.5 Å². The highest BCUT2D eigenvalue weighted by atomic mass is 16.3. The topological polar surface area (TPSA) is 100 Å². The molecular weight excluding hydrogens is 358 g/mol. The largest absolute Gasteiger partial charge is 0.388 e. The molecule has 2 amide bonds. The third-order valence-corrected chi connectivity index (χ3v) is 6.78. The standard InChI is InChI=1S/C20H31N5O3/c1-24-17(12-26)22-23-18(24)14-10-15(11-14)21-19(27)16-8-5-9-25(16)20(28)13-6-3-2-4-7-13/h13-16,26H,2-12H2,1H3,(H,21,27)/t14?,15?,16-/m0/s1. The molecule has 1 saturated heterocycles. The molecule has 2 heterocycles. The third-order valence-electron chi connectivity index (χ3n) is 6.78. The lowest BCUT2D eigenvalue weighted by Gasteiger charge is -2.37. The van der Waals surface area contributed by atoms with Gasteiger partial charge in [0.1, 0.15) is 18.5 Å². The molecule has 8 nitrogen and oxygen atoms in total. The van der Waals surface area contributed by atoms with Gasteiger partial charge in [0.15, 0.2) is 5.82 Å². The molecule has 0 bridgehead atoms. The van der Waals surface area contributed by atoms with Gasteiger partial charge in [-0.25, -0.2) is 0 Å². The van der Waals surface area contributed by atoms with Crippen molar-refractivity contribution in [2.75, 3.05) is 6.54 Å². The van der Waals surface area contributed by atoms with Crippen molar-refractivity contribution in [2.45, 2.75) is 82.4 Å². The van der Waals surface area contributed by atoms with E-state index in [1.165, 1.54) is 6.42 Å². The Hall–Kier alpha value is -1.96. The fourth-order valence-electron chi connectivity index (χ4n) is 5.00. The summed E-state index contributed by atoms with van der Waals surface area (Å²) in [7, 11) is 1.86. The number of hydrogen-bond acceptors (Lipinski definition) is 5. The normalized spacial score (nSPS) is 28.2. The quantitative estimate of drug-likeness (QED) is 0.789. The molecule has 0 unspecified atom stereocenters. The predicted molar refractivity (Wildman–Crippen MR) is 102 cm³/mol. The highest BCUT2D eigenvalue weighted by Crippen LogP contribution is 2.36. The number of nitrogens with zero attached hydrogens (tertiary/aromatic N) is 4. The van der Waals surface area contributed by atoms with Crippen LogP contribution in [0.25, 0.3) is 0 Å². The lowest BCUT2D eigenvalue weighted by molar-refractivity contribution is -0.142. The van der Waals surface area contributed by atoms with Gasteiger partial charge in [-0.15, -0.1) is 10.2 Å². The Balaban J connectivity index is 1.30. The van der Waals surface area contributed by atoms with E-state index in [1.54, 1.807) is 0 Å². The minimum absolute atomic E-state index is 0.000813. The van der Waals surface area contributed by atoms with Crippen LogP contribution in [0.2, 0.25) is 0 Å². The zero-order valence-corrected chi connectivity index (χ0v) is 16.6. The average molecular weight is 390 g/mol. The van der Waals surface area contributed by atoms with Gasteiger partial charge < -0.3 is 19.9 Å². The van der Waals surface area contributed by atoms with Crippen LogP contribution in [-0.2, 0) is 23.2 Å². The number of aromatic nitrogens is 3. The van der Waals surface area contributed by atoms with Crippen LogP contribution in [0.3, 0.4) is 0 Å². The molecule has 8 heteroatoms. The van der Waals surface area contributed by atoms with Crippen molar-refractivity contribution in [2.24, 2.45) is 13.0 Å². The number of rotatable bonds is 5. The summed E-state index contributed by atoms with van der Waals surface area (Å²) in [5, 5.41) is 20.6. The highest BCUT2D eigenvalue weighted by Gasteiger charge is 2.40. The molecule has 1 aromatic rings. The van der Waals surface area contributed by atoms with Gasteiger partial charge in [-0.1, -0.05) is 19.3 Å². The Morgan fingerprint density at radius 3 is 2.54 bits per heavy atom. The summed E-state index contributed by atoms with van der Waals surface area (Å²) in [5.41, 5.74) is 0. The second kappa shape index (κ2) is 8.19. The number of aliphatic hydroxyl groups is 1. The molecule has 2 saturated carbocycles. The summed E-state index contributed by atoms with van der Waals surface area (Å²) in [6.45, 7) is 0.590. The summed E-state index contributed by atoms with van der Waals surface area (Å²) >= 11 is 0. The molecule has 0 spiro atoms. The fourth-order valence-corrected chi connectivity index (χ4v) is 5.00. The van der Waals surface area contributed by atoms with E-state index >= 15 is 0 Å². The second-order valence-corrected chi connectivity index (χ2v) is 8.59. The van der Waals surface area contributed by atoms with E-state index in [4.69, 9.17) is 0 Å². The van der Waals surface area contributed by atoms with Crippen LogP contribution in [0.15, 0.2) is 0 Å². The average Bonchev–Trinajstić information content (AvgIpc) is 3.31. The first-order chi connectivity index (χ1) is 13.6. The van der Waals surface area contributed by atoms with Crippen LogP contribution in [0.5, 0.6) is 0 Å². The van der Waals surface area contributed by atoms with Crippen LogP contribution in [-0.4, -0.2) is 55.2 Å². The van der Waals surface area contributed by atoms with Crippen LogP contribution < -0.4 is 5.32 Å². The Morgan fingerprint density at radius 1 is 1.11 bits per heavy atom. The van der Waals surface area contributed by atoms with Crippen LogP contribution in [0.1, 0.15) is 75.4 Å². The number of nitrogens with one attached hydrogen (secondary N) is 1. The number of likely N-dealkylation sites (tertiary alicyclic amines) is 1. The summed E-state index contributed by atoms with van der Waals surface area (Å²) in [4.78, 5) is 27.6. The maximum atomic E-state index is 12.9. The molecule has 154 valence electrons. The van der Waals surface area contributed by atoms with E-state index in [2.05, 4.69) is 15.5 Å². The third kappa shape index (κ3) is 3.66. The van der Waals surface area contributed by atoms with E-state index < -0.39 is 0 Å². The molecule has 1 aromatic heterocycles. The molecule has 2 N–H and O–H groups in total. The Labute approximate surface area is 165 Å². The molecule has 3 aliphatic rings. The molecule has 0 radical (unpaired) electrons. The van der Waals surface area contributed by atoms with E-state index in [-0.39, 0.29) is 42.3 Å². The van der Waals surface area contributed by atoms with Crippen molar-refractivity contribution in [3.05, 3.63) is 11.6 Å². The van der Waals surface area contributed by atoms with Crippen molar-refractivity contribution in [1.82, 2.24) is 25.0 Å². The first kappa shape index (κ1) is 19.4. The Bertz CT molecular complexity index is 721. The number of carbonyl (C=O) groups excluding carboxylic acids is 2. The molecule has 28 heavy (non-hydrogen) atoms. The molecule has 4 rings (SSSR count). The Kier molecular flexibility index (Phi) is 5.66. The highest BCUT2D eigenvalue weighted by molar-refractivity contribution is 5.89. The molecule has 0 aromatic carbocycles. The lowest BCUT2D eigenvalue weighted by Crippen LogP contribution is -2.52. The van der Waals surface area contributed by atoms with Crippen molar-refractivity contribution in [3.63, 3.8) is 0 Å². The lowest BCUT2D eigenvalue weighted by atomic mass is 9.79. The SMILES string of the molecule is Cn1c(CO)nnc1C1CC(NC(=O)[C@@H]2CCCN2C(=O)C2CCCCC2)C1. The smallest absolute Gasteiger partial charge is 0.243 e. The minimum atomic E-state index is -0.302. The van der Waals surface area contributed by atoms with Gasteiger partial charge in [0, 0.05) is 31.5 Å². The molecule has 1 aliphatic heterocycles. The van der Waals surface area contributed by atoms with Gasteiger partial charge in [-0.3, -0.25) is 9.59 Å². The van der Waals surface area contributed by atoms with Gasteiger partial charge in [0.25, 0.3) is 0 Å². The van der Waals surface area contributed by atoms with Gasteiger partial charge >= 0.3 is 0 Å². The van der Waals surface area contributed by atoms with Gasteiger partial charge in [0.2, 0.25) is 11.8 Å². The second-order valence-electron chi connectivity index (χ2n) is 8.59. The first-order valence-corrected chi connectivity index (χ1v) is 10.7. The summed E-state index contributed by atoms with van der Waals surface area (Å²) in [6, 6.07) is -0.177. The van der Waals surface area contributed by atoms with Gasteiger partial charge in [-0.2, -0.15) is 0 Å². The summed E-state index contributed by atoms with van der Waals surface area (Å²) in [5.74, 6) is 1.99. The number of hydrogen-bond donors (Lipinski definition) is 2. The zero-order valence-electron chi connectivity index (χ0n) is 16.6. The van der Waals surface area contributed by atoms with E-state index in [9.17, 15) is 14.7 Å². The van der Waals surface area contributed by atoms with Gasteiger partial charge in [-0.05, 0) is 38.5 Å². The number of amides is 2. The first-order valence-electron chi connectivity index (χ1n) is 10.7. The van der Waals surface area contributed by atoms with Crippen molar-refractivity contribution in [3.8, 4) is 0 Å². The van der Waals surface area contributed by atoms with Crippen LogP contribution >= 0.6 is 0 Å². The van der Waals surface area contributed by atoms with E-state index in [0.29, 0.717) is 12.4 Å². The number of aliphatic hydroxyl groups excluding tert-OH is 1. The molecule has 2 aliphatic carbocycles. The van der Waals surface area contributed by atoms with E-state index in [0.717, 1.165) is 57.2 Å². The molecule has 1 atom stereocenters. The zero-order chi connectivity index (χ0) is 19.7. The minimum Gasteiger partial charge on any atom is -0.388 e. The maximum Gasteiger partial charge on any atom is 0.243 e. The van der Waals surface area contributed by atoms with Crippen LogP contribution in [0, 0.1) is 5.92 Å². The van der Waals surface area contributed by atoms with Crippen molar-refractivity contribution < 1.29 is 14.7 Å². The van der Waals surface area contributed by atoms with Crippen molar-refractivity contribution in [1.29, 1.82) is 0 Å². The van der Waals surface area contributed by atoms with Crippen molar-refractivity contribution >= 4 is 11.8 Å². The monoisotopic (exact) mass is 389 g/mol.